The maximum atomic E-state index is 5.49. The number of hydrogen-bond acceptors (Lipinski definition) is 3. The first-order valence-electron chi connectivity index (χ1n) is 4.77. The first kappa shape index (κ1) is 12.0. The number of hydrogen-bond donors (Lipinski definition) is 1. The van der Waals surface area contributed by atoms with Crippen molar-refractivity contribution in [3.05, 3.63) is 36.0 Å². The van der Waals surface area contributed by atoms with E-state index in [1.165, 1.54) is 0 Å². The number of nitrogens with zero attached hydrogens (tertiary/aromatic N) is 1. The van der Waals surface area contributed by atoms with E-state index in [4.69, 9.17) is 16.3 Å². The number of allylic oxidation sites excluding steroid dienone is 1. The molecule has 15 heavy (non-hydrogen) atoms. The zero-order chi connectivity index (χ0) is 10.9. The smallest absolute Gasteiger partial charge is 0.212 e. The van der Waals surface area contributed by atoms with Gasteiger partial charge in [-0.3, -0.25) is 0 Å². The third-order valence-corrected chi connectivity index (χ3v) is 2.03. The Balaban J connectivity index is 2.28. The molecule has 1 aromatic rings. The highest BCUT2D eigenvalue weighted by Gasteiger charge is 1.93. The van der Waals surface area contributed by atoms with Gasteiger partial charge in [-0.25, -0.2) is 4.98 Å². The van der Waals surface area contributed by atoms with Crippen molar-refractivity contribution in [2.75, 3.05) is 19.5 Å². The van der Waals surface area contributed by atoms with Crippen LogP contribution in [0.2, 0.25) is 0 Å². The van der Waals surface area contributed by atoms with E-state index in [2.05, 4.69) is 10.3 Å². The Hall–Kier alpha value is -1.06. The summed E-state index contributed by atoms with van der Waals surface area (Å²) in [7, 11) is 1.61. The van der Waals surface area contributed by atoms with Gasteiger partial charge in [-0.1, -0.05) is 18.2 Å². The lowest BCUT2D eigenvalue weighted by Gasteiger charge is -2.02. The Morgan fingerprint density at radius 2 is 2.33 bits per heavy atom. The van der Waals surface area contributed by atoms with Crippen LogP contribution in [0.15, 0.2) is 30.5 Å². The zero-order valence-electron chi connectivity index (χ0n) is 8.74. The summed E-state index contributed by atoms with van der Waals surface area (Å²) in [4.78, 5) is 4.11. The van der Waals surface area contributed by atoms with E-state index in [0.717, 1.165) is 18.7 Å². The van der Waals surface area contributed by atoms with Crippen LogP contribution in [0.4, 0.5) is 0 Å². The van der Waals surface area contributed by atoms with E-state index in [1.807, 2.05) is 24.3 Å². The molecule has 1 heterocycles. The van der Waals surface area contributed by atoms with Gasteiger partial charge in [0.1, 0.15) is 0 Å². The van der Waals surface area contributed by atoms with Crippen molar-refractivity contribution in [3.63, 3.8) is 0 Å². The number of rotatable bonds is 6. The highest BCUT2D eigenvalue weighted by Crippen LogP contribution is 2.05. The Kier molecular flexibility index (Phi) is 5.81. The molecule has 4 heteroatoms. The summed E-state index contributed by atoms with van der Waals surface area (Å²) in [5.74, 6) is 1.20. The Morgan fingerprint density at radius 3 is 2.93 bits per heavy atom. The van der Waals surface area contributed by atoms with E-state index in [9.17, 15) is 0 Å². The van der Waals surface area contributed by atoms with Crippen LogP contribution in [0.3, 0.4) is 0 Å². The normalized spacial score (nSPS) is 10.8. The fraction of sp³-hybridized carbons (Fsp3) is 0.364. The second-order valence-electron chi connectivity index (χ2n) is 2.97. The van der Waals surface area contributed by atoms with Crippen LogP contribution >= 0.6 is 11.6 Å². The van der Waals surface area contributed by atoms with E-state index >= 15 is 0 Å². The monoisotopic (exact) mass is 226 g/mol. The van der Waals surface area contributed by atoms with Gasteiger partial charge in [0.25, 0.3) is 0 Å². The fourth-order valence-corrected chi connectivity index (χ4v) is 1.21. The summed E-state index contributed by atoms with van der Waals surface area (Å²) in [6, 6.07) is 3.84. The molecule has 0 bridgehead atoms. The summed E-state index contributed by atoms with van der Waals surface area (Å²) >= 11 is 5.49. The molecule has 1 aromatic heterocycles. The number of ether oxygens (including phenoxy) is 1. The summed E-state index contributed by atoms with van der Waals surface area (Å²) < 4.78 is 4.97. The molecule has 0 saturated heterocycles. The van der Waals surface area contributed by atoms with Crippen LogP contribution < -0.4 is 10.1 Å². The summed E-state index contributed by atoms with van der Waals surface area (Å²) in [5.41, 5.74) is 1.13. The quantitative estimate of drug-likeness (QED) is 0.458. The van der Waals surface area contributed by atoms with Gasteiger partial charge in [0.2, 0.25) is 5.88 Å². The molecule has 82 valence electrons. The number of aromatic nitrogens is 1. The first-order chi connectivity index (χ1) is 7.36. The van der Waals surface area contributed by atoms with E-state index in [0.29, 0.717) is 11.8 Å². The van der Waals surface area contributed by atoms with Gasteiger partial charge < -0.3 is 10.1 Å². The molecule has 0 unspecified atom stereocenters. The molecule has 1 N–H and O–H groups in total. The number of halogens is 1. The molecule has 0 amide bonds. The SMILES string of the molecule is COc1ccc(CNC/C=C/CCl)cn1. The molecule has 0 aliphatic heterocycles. The van der Waals surface area contributed by atoms with Gasteiger partial charge in [-0.2, -0.15) is 0 Å². The highest BCUT2D eigenvalue weighted by atomic mass is 35.5. The lowest BCUT2D eigenvalue weighted by atomic mass is 10.3. The topological polar surface area (TPSA) is 34.1 Å². The zero-order valence-corrected chi connectivity index (χ0v) is 9.50. The summed E-state index contributed by atoms with van der Waals surface area (Å²) in [5, 5.41) is 3.25. The van der Waals surface area contributed by atoms with Crippen LogP contribution in [-0.2, 0) is 6.54 Å². The third-order valence-electron chi connectivity index (χ3n) is 1.85. The standard InChI is InChI=1S/C11H15ClN2O/c1-15-11-5-4-10(9-14-11)8-13-7-3-2-6-12/h2-5,9,13H,6-8H2,1H3/b3-2+. The number of nitrogens with one attached hydrogen (secondary N) is 1. The molecule has 0 saturated carbocycles. The minimum absolute atomic E-state index is 0.561. The molecule has 0 fully saturated rings. The van der Waals surface area contributed by atoms with E-state index in [1.54, 1.807) is 13.3 Å². The van der Waals surface area contributed by atoms with Crippen molar-refractivity contribution >= 4 is 11.6 Å². The van der Waals surface area contributed by atoms with Crippen LogP contribution in [-0.4, -0.2) is 24.5 Å². The molecular weight excluding hydrogens is 212 g/mol. The van der Waals surface area contributed by atoms with Gasteiger partial charge in [0, 0.05) is 31.2 Å². The Bertz CT molecular complexity index is 298. The fourth-order valence-electron chi connectivity index (χ4n) is 1.08. The molecule has 0 aromatic carbocycles. The molecular formula is C11H15ClN2O. The van der Waals surface area contributed by atoms with Crippen molar-refractivity contribution in [1.82, 2.24) is 10.3 Å². The van der Waals surface area contributed by atoms with Gasteiger partial charge >= 0.3 is 0 Å². The summed E-state index contributed by atoms with van der Waals surface area (Å²) in [6.45, 7) is 1.61. The van der Waals surface area contributed by atoms with Crippen LogP contribution in [0, 0.1) is 0 Å². The lowest BCUT2D eigenvalue weighted by Crippen LogP contribution is -2.12. The minimum Gasteiger partial charge on any atom is -0.481 e. The number of methoxy groups -OCH3 is 1. The minimum atomic E-state index is 0.561. The predicted octanol–water partition coefficient (Wildman–Crippen LogP) is 1.97. The second-order valence-corrected chi connectivity index (χ2v) is 3.27. The molecule has 0 aliphatic carbocycles. The van der Waals surface area contributed by atoms with Crippen molar-refractivity contribution in [2.24, 2.45) is 0 Å². The highest BCUT2D eigenvalue weighted by molar-refractivity contribution is 6.18. The largest absolute Gasteiger partial charge is 0.481 e. The summed E-state index contributed by atoms with van der Waals surface area (Å²) in [6.07, 6.45) is 5.72. The predicted molar refractivity (Wildman–Crippen MR) is 62.4 cm³/mol. The van der Waals surface area contributed by atoms with Crippen molar-refractivity contribution in [2.45, 2.75) is 6.54 Å². The van der Waals surface area contributed by atoms with E-state index < -0.39 is 0 Å². The average Bonchev–Trinajstić information content (AvgIpc) is 2.30. The van der Waals surface area contributed by atoms with Crippen molar-refractivity contribution in [1.29, 1.82) is 0 Å². The third kappa shape index (κ3) is 4.81. The lowest BCUT2D eigenvalue weighted by molar-refractivity contribution is 0.397. The molecule has 0 atom stereocenters. The van der Waals surface area contributed by atoms with Crippen molar-refractivity contribution < 1.29 is 4.74 Å². The van der Waals surface area contributed by atoms with Crippen molar-refractivity contribution in [3.8, 4) is 5.88 Å². The van der Waals surface area contributed by atoms with Gasteiger partial charge in [-0.15, -0.1) is 11.6 Å². The number of alkyl halides is 1. The maximum Gasteiger partial charge on any atom is 0.212 e. The molecule has 0 spiro atoms. The maximum absolute atomic E-state index is 5.49. The average molecular weight is 227 g/mol. The van der Waals surface area contributed by atoms with Crippen LogP contribution in [0.25, 0.3) is 0 Å². The molecule has 1 rings (SSSR count). The van der Waals surface area contributed by atoms with Crippen LogP contribution in [0.1, 0.15) is 5.56 Å². The number of pyridine rings is 1. The second kappa shape index (κ2) is 7.26. The van der Waals surface area contributed by atoms with E-state index in [-0.39, 0.29) is 0 Å². The van der Waals surface area contributed by atoms with Gasteiger partial charge in [-0.05, 0) is 5.56 Å². The van der Waals surface area contributed by atoms with Gasteiger partial charge in [0.15, 0.2) is 0 Å². The Morgan fingerprint density at radius 1 is 1.47 bits per heavy atom. The first-order valence-corrected chi connectivity index (χ1v) is 5.31. The molecule has 0 aliphatic rings. The molecule has 3 nitrogen and oxygen atoms in total. The Labute approximate surface area is 95.1 Å². The van der Waals surface area contributed by atoms with Gasteiger partial charge in [0.05, 0.1) is 7.11 Å². The molecule has 0 radical (unpaired) electrons. The van der Waals surface area contributed by atoms with Crippen LogP contribution in [0.5, 0.6) is 5.88 Å².